The number of carboxylic acid groups (broad SMARTS) is 1. The first-order chi connectivity index (χ1) is 16.7. The monoisotopic (exact) mass is 517 g/mol. The van der Waals surface area contributed by atoms with Gasteiger partial charge in [0.15, 0.2) is 0 Å². The molecule has 0 aliphatic carbocycles. The number of nitrogens with zero attached hydrogens (tertiary/aromatic N) is 2. The fourth-order valence-corrected chi connectivity index (χ4v) is 3.36. The van der Waals surface area contributed by atoms with Gasteiger partial charge >= 0.3 is 35.5 Å². The Morgan fingerprint density at radius 3 is 1.54 bits per heavy atom. The number of carbonyl (C=O) groups excluding carboxylic acids is 1. The van der Waals surface area contributed by atoms with Crippen LogP contribution in [0.25, 0.3) is 22.5 Å². The number of carbonyl (C=O) groups is 2. The van der Waals surface area contributed by atoms with Crippen LogP contribution in [0.3, 0.4) is 0 Å². The Hall–Kier alpha value is -3.28. The van der Waals surface area contributed by atoms with Crippen molar-refractivity contribution in [1.29, 1.82) is 0 Å². The van der Waals surface area contributed by atoms with Gasteiger partial charge in [-0.3, -0.25) is 4.79 Å². The molecule has 6 N–H and O–H groups in total. The fraction of sp³-hybridized carbons (Fsp3) is 0.231. The van der Waals surface area contributed by atoms with E-state index in [0.29, 0.717) is 5.56 Å². The van der Waals surface area contributed by atoms with Crippen molar-refractivity contribution >= 4 is 11.9 Å². The van der Waals surface area contributed by atoms with Gasteiger partial charge in [0.2, 0.25) is 0 Å². The summed E-state index contributed by atoms with van der Waals surface area (Å²) in [5, 5.41) is 18.5. The maximum atomic E-state index is 11.6. The second-order valence-corrected chi connectivity index (χ2v) is 7.71. The van der Waals surface area contributed by atoms with Crippen LogP contribution in [0, 0.1) is 27.7 Å². The van der Waals surface area contributed by atoms with Gasteiger partial charge in [-0.1, -0.05) is 12.1 Å². The van der Waals surface area contributed by atoms with Crippen molar-refractivity contribution in [2.24, 2.45) is 0 Å². The van der Waals surface area contributed by atoms with Gasteiger partial charge in [0, 0.05) is 30.8 Å². The molecule has 2 aromatic carbocycles. The average Bonchev–Trinajstić information content (AvgIpc) is 3.48. The van der Waals surface area contributed by atoms with Gasteiger partial charge in [0.1, 0.15) is 11.6 Å². The van der Waals surface area contributed by atoms with E-state index in [2.05, 4.69) is 25.3 Å². The molecule has 1 amide bonds. The van der Waals surface area contributed by atoms with Crippen LogP contribution in [0.2, 0.25) is 0 Å². The van der Waals surface area contributed by atoms with E-state index < -0.39 is 5.97 Å². The smallest absolute Gasteiger partial charge is 0.870 e. The van der Waals surface area contributed by atoms with E-state index in [1.807, 2.05) is 45.9 Å². The van der Waals surface area contributed by atoms with Crippen molar-refractivity contribution in [3.05, 3.63) is 82.7 Å². The van der Waals surface area contributed by atoms with Gasteiger partial charge in [-0.2, -0.15) is 0 Å². The molecular weight excluding hydrogens is 485 g/mol. The predicted octanol–water partition coefficient (Wildman–Crippen LogP) is 0.881. The van der Waals surface area contributed by atoms with Gasteiger partial charge in [-0.05, 0) is 63.1 Å². The minimum absolute atomic E-state index is 0. The Balaban J connectivity index is 0.000000626. The number of imidazole rings is 2. The number of hydrogen-bond acceptors (Lipinski definition) is 6. The molecule has 10 nitrogen and oxygen atoms in total. The Labute approximate surface area is 238 Å². The number of carboxylic acids is 1. The number of aromatic amines is 2. The SMILES string of the molecule is CNC(=O)c1ccc(C)c(-c2cnc(C)[nH]2)c1.CO.Cc1ncc(-c2cc(C(=O)O)ccc2C)[nH]1.[Na+].[OH-]. The Kier molecular flexibility index (Phi) is 14.4. The molecule has 0 bridgehead atoms. The van der Waals surface area contributed by atoms with Crippen LogP contribution < -0.4 is 34.9 Å². The van der Waals surface area contributed by atoms with Gasteiger partial charge in [-0.25, -0.2) is 14.8 Å². The number of H-pyrrole nitrogens is 2. The number of aromatic carboxylic acids is 1. The van der Waals surface area contributed by atoms with Crippen LogP contribution in [0.1, 0.15) is 43.5 Å². The first-order valence-corrected chi connectivity index (χ1v) is 10.8. The molecule has 0 aliphatic heterocycles. The summed E-state index contributed by atoms with van der Waals surface area (Å²) in [7, 11) is 2.63. The maximum Gasteiger partial charge on any atom is 1.00 e. The van der Waals surface area contributed by atoms with Gasteiger partial charge in [0.05, 0.1) is 29.3 Å². The number of aryl methyl sites for hydroxylation is 4. The molecule has 0 saturated carbocycles. The topological polar surface area (TPSA) is 174 Å². The molecule has 192 valence electrons. The van der Waals surface area contributed by atoms with Crippen molar-refractivity contribution in [3.8, 4) is 22.5 Å². The standard InChI is InChI=1S/C13H15N3O.C12H12N2O2.CH4O.Na.H2O/c1-8-4-5-10(13(17)14-3)6-11(8)12-7-15-9(2)16-12;1-7-3-4-9(12(15)16)5-10(7)11-6-13-8(2)14-11;1-2;;/h4-7H,1-3H3,(H,14,17)(H,15,16);3-6H,1-2H3,(H,13,14)(H,15,16);2H,1H3;;1H2/q;;;+1;/p-1. The molecule has 0 saturated heterocycles. The molecule has 4 rings (SSSR count). The average molecular weight is 518 g/mol. The summed E-state index contributed by atoms with van der Waals surface area (Å²) >= 11 is 0. The molecule has 0 unspecified atom stereocenters. The van der Waals surface area contributed by atoms with E-state index in [-0.39, 0.29) is 46.5 Å². The number of aliphatic hydroxyl groups excluding tert-OH is 1. The molecule has 0 aliphatic rings. The van der Waals surface area contributed by atoms with E-state index in [1.165, 1.54) is 0 Å². The van der Waals surface area contributed by atoms with E-state index in [4.69, 9.17) is 10.2 Å². The van der Waals surface area contributed by atoms with Crippen molar-refractivity contribution in [3.63, 3.8) is 0 Å². The Morgan fingerprint density at radius 2 is 1.19 bits per heavy atom. The molecule has 11 heteroatoms. The zero-order valence-corrected chi connectivity index (χ0v) is 24.2. The quantitative estimate of drug-likeness (QED) is 0.250. The van der Waals surface area contributed by atoms with Crippen molar-refractivity contribution < 1.29 is 54.8 Å². The second-order valence-electron chi connectivity index (χ2n) is 7.71. The number of aliphatic hydroxyl groups is 1. The third kappa shape index (κ3) is 8.96. The summed E-state index contributed by atoms with van der Waals surface area (Å²) in [6.45, 7) is 7.72. The van der Waals surface area contributed by atoms with Crippen LogP contribution in [0.15, 0.2) is 48.8 Å². The third-order valence-electron chi connectivity index (χ3n) is 5.20. The molecule has 4 aromatic rings. The fourth-order valence-electron chi connectivity index (χ4n) is 3.36. The molecule has 0 radical (unpaired) electrons. The Bertz CT molecular complexity index is 1320. The third-order valence-corrected chi connectivity index (χ3v) is 5.20. The van der Waals surface area contributed by atoms with Crippen molar-refractivity contribution in [2.45, 2.75) is 27.7 Å². The molecule has 2 aromatic heterocycles. The molecule has 2 heterocycles. The minimum Gasteiger partial charge on any atom is -0.870 e. The van der Waals surface area contributed by atoms with Crippen molar-refractivity contribution in [1.82, 2.24) is 25.3 Å². The predicted molar refractivity (Wildman–Crippen MR) is 137 cm³/mol. The summed E-state index contributed by atoms with van der Waals surface area (Å²) in [5.41, 5.74) is 6.74. The summed E-state index contributed by atoms with van der Waals surface area (Å²) in [6.07, 6.45) is 3.49. The molecule has 0 fully saturated rings. The number of amides is 1. The van der Waals surface area contributed by atoms with E-state index >= 15 is 0 Å². The molecule has 0 atom stereocenters. The molecule has 37 heavy (non-hydrogen) atoms. The zero-order chi connectivity index (χ0) is 26.1. The van der Waals surface area contributed by atoms with Crippen LogP contribution in [-0.4, -0.2) is 61.7 Å². The first-order valence-electron chi connectivity index (χ1n) is 10.8. The van der Waals surface area contributed by atoms with Gasteiger partial charge < -0.3 is 31.0 Å². The summed E-state index contributed by atoms with van der Waals surface area (Å²) in [6, 6.07) is 10.7. The number of benzene rings is 2. The van der Waals surface area contributed by atoms with Crippen LogP contribution in [-0.2, 0) is 0 Å². The summed E-state index contributed by atoms with van der Waals surface area (Å²) < 4.78 is 0. The molecule has 0 spiro atoms. The largest absolute Gasteiger partial charge is 1.00 e. The minimum atomic E-state index is -0.919. The van der Waals surface area contributed by atoms with Gasteiger partial charge in [0.25, 0.3) is 5.91 Å². The van der Waals surface area contributed by atoms with Crippen LogP contribution in [0.5, 0.6) is 0 Å². The van der Waals surface area contributed by atoms with E-state index in [9.17, 15) is 9.59 Å². The number of aromatic nitrogens is 4. The first kappa shape index (κ1) is 33.7. The normalized spacial score (nSPS) is 9.38. The summed E-state index contributed by atoms with van der Waals surface area (Å²) in [4.78, 5) is 37.0. The zero-order valence-electron chi connectivity index (χ0n) is 22.2. The van der Waals surface area contributed by atoms with Crippen LogP contribution >= 0.6 is 0 Å². The number of rotatable bonds is 4. The second kappa shape index (κ2) is 15.7. The van der Waals surface area contributed by atoms with Crippen molar-refractivity contribution in [2.75, 3.05) is 14.2 Å². The van der Waals surface area contributed by atoms with E-state index in [1.54, 1.807) is 37.6 Å². The number of hydrogen-bond donors (Lipinski definition) is 5. The van der Waals surface area contributed by atoms with E-state index in [0.717, 1.165) is 52.4 Å². The van der Waals surface area contributed by atoms with Gasteiger partial charge in [-0.15, -0.1) is 0 Å². The summed E-state index contributed by atoms with van der Waals surface area (Å²) in [5.74, 6) is 0.680. The number of nitrogens with one attached hydrogen (secondary N) is 3. The molecular formula is C26H32N5NaO5. The van der Waals surface area contributed by atoms with Crippen LogP contribution in [0.4, 0.5) is 0 Å². The maximum absolute atomic E-state index is 11.6. The Morgan fingerprint density at radius 1 is 0.784 bits per heavy atom.